The zero-order chi connectivity index (χ0) is 11.0. The monoisotopic (exact) mass is 235 g/mol. The molecule has 0 aliphatic carbocycles. The molecule has 1 N–H and O–H groups in total. The zero-order valence-electron chi connectivity index (χ0n) is 7.79. The molecule has 0 spiro atoms. The number of rotatable bonds is 1. The summed E-state index contributed by atoms with van der Waals surface area (Å²) in [6, 6.07) is 0.608. The van der Waals surface area contributed by atoms with Crippen molar-refractivity contribution in [2.45, 2.75) is 18.9 Å². The average molecular weight is 236 g/mol. The fourth-order valence-corrected chi connectivity index (χ4v) is 1.99. The minimum atomic E-state index is -1.32. The van der Waals surface area contributed by atoms with E-state index >= 15 is 0 Å². The first-order chi connectivity index (χ1) is 7.11. The smallest absolute Gasteiger partial charge is 0.180 e. The second-order valence-corrected chi connectivity index (χ2v) is 3.92. The molecule has 1 aliphatic rings. The molecule has 0 amide bonds. The van der Waals surface area contributed by atoms with Gasteiger partial charge in [-0.1, -0.05) is 11.6 Å². The lowest BCUT2D eigenvalue weighted by Crippen LogP contribution is -2.15. The highest BCUT2D eigenvalue weighted by Gasteiger charge is 2.24. The Morgan fingerprint density at radius 2 is 2.00 bits per heavy atom. The highest BCUT2D eigenvalue weighted by molar-refractivity contribution is 6.31. The van der Waals surface area contributed by atoms with Crippen molar-refractivity contribution in [2.24, 2.45) is 0 Å². The highest BCUT2D eigenvalue weighted by Crippen LogP contribution is 2.31. The molecule has 5 heteroatoms. The third kappa shape index (κ3) is 1.84. The predicted octanol–water partition coefficient (Wildman–Crippen LogP) is 3.18. The quantitative estimate of drug-likeness (QED) is 0.582. The molecular weight excluding hydrogens is 227 g/mol. The van der Waals surface area contributed by atoms with E-state index < -0.39 is 22.5 Å². The molecule has 2 rings (SSSR count). The largest absolute Gasteiger partial charge is 0.310 e. The van der Waals surface area contributed by atoms with Crippen molar-refractivity contribution >= 4 is 11.6 Å². The van der Waals surface area contributed by atoms with E-state index in [4.69, 9.17) is 11.6 Å². The Morgan fingerprint density at radius 3 is 2.60 bits per heavy atom. The van der Waals surface area contributed by atoms with E-state index in [1.54, 1.807) is 0 Å². The Morgan fingerprint density at radius 1 is 1.27 bits per heavy atom. The summed E-state index contributed by atoms with van der Waals surface area (Å²) in [5.41, 5.74) is 0.108. The van der Waals surface area contributed by atoms with Crippen LogP contribution in [0, 0.1) is 17.5 Å². The van der Waals surface area contributed by atoms with E-state index in [-0.39, 0.29) is 11.6 Å². The molecule has 0 bridgehead atoms. The molecule has 0 saturated carbocycles. The van der Waals surface area contributed by atoms with Crippen LogP contribution in [0.2, 0.25) is 5.02 Å². The van der Waals surface area contributed by atoms with Gasteiger partial charge in [-0.05, 0) is 25.5 Å². The van der Waals surface area contributed by atoms with Gasteiger partial charge >= 0.3 is 0 Å². The summed E-state index contributed by atoms with van der Waals surface area (Å²) in [4.78, 5) is 0. The van der Waals surface area contributed by atoms with Gasteiger partial charge in [-0.25, -0.2) is 13.2 Å². The predicted molar refractivity (Wildman–Crippen MR) is 51.3 cm³/mol. The van der Waals surface area contributed by atoms with E-state index in [2.05, 4.69) is 5.32 Å². The molecule has 1 saturated heterocycles. The van der Waals surface area contributed by atoms with Gasteiger partial charge in [0.05, 0.1) is 0 Å². The normalized spacial score (nSPS) is 20.9. The third-order valence-corrected chi connectivity index (χ3v) is 2.90. The van der Waals surface area contributed by atoms with Crippen molar-refractivity contribution in [3.05, 3.63) is 34.1 Å². The van der Waals surface area contributed by atoms with Gasteiger partial charge in [0, 0.05) is 11.6 Å². The lowest BCUT2D eigenvalue weighted by molar-refractivity contribution is 0.480. The highest BCUT2D eigenvalue weighted by atomic mass is 35.5. The molecule has 1 aromatic rings. The first kappa shape index (κ1) is 10.8. The molecule has 15 heavy (non-hydrogen) atoms. The number of nitrogens with one attached hydrogen (secondary N) is 1. The van der Waals surface area contributed by atoms with Gasteiger partial charge in [0.2, 0.25) is 0 Å². The van der Waals surface area contributed by atoms with Crippen LogP contribution in [-0.2, 0) is 0 Å². The first-order valence-electron chi connectivity index (χ1n) is 4.67. The van der Waals surface area contributed by atoms with Gasteiger partial charge in [0.25, 0.3) is 0 Å². The second-order valence-electron chi connectivity index (χ2n) is 3.54. The summed E-state index contributed by atoms with van der Waals surface area (Å²) in [6.45, 7) is 0.751. The van der Waals surface area contributed by atoms with Gasteiger partial charge in [-0.2, -0.15) is 0 Å². The second kappa shape index (κ2) is 4.02. The lowest BCUT2D eigenvalue weighted by Gasteiger charge is -2.13. The maximum Gasteiger partial charge on any atom is 0.180 e. The molecule has 0 aromatic heterocycles. The van der Waals surface area contributed by atoms with Crippen molar-refractivity contribution < 1.29 is 13.2 Å². The van der Waals surface area contributed by atoms with Gasteiger partial charge in [0.1, 0.15) is 10.8 Å². The standard InChI is InChI=1S/C10H9ClF3N/c11-8-9(13)5(4-6(12)10(8)14)7-2-1-3-15-7/h4,7,15H,1-3H2/t7-/m0/s1. The number of hydrogen-bond acceptors (Lipinski definition) is 1. The molecular formula is C10H9ClF3N. The number of halogens is 4. The Labute approximate surface area is 90.2 Å². The van der Waals surface area contributed by atoms with E-state index in [0.29, 0.717) is 6.42 Å². The van der Waals surface area contributed by atoms with Gasteiger partial charge < -0.3 is 5.32 Å². The third-order valence-electron chi connectivity index (χ3n) is 2.57. The maximum absolute atomic E-state index is 13.5. The summed E-state index contributed by atoms with van der Waals surface area (Å²) >= 11 is 5.35. The van der Waals surface area contributed by atoms with Crippen molar-refractivity contribution in [3.8, 4) is 0 Å². The SMILES string of the molecule is Fc1cc([C@@H]2CCCN2)c(F)c(Cl)c1F. The molecule has 1 nitrogen and oxygen atoms in total. The number of hydrogen-bond donors (Lipinski definition) is 1. The van der Waals surface area contributed by atoms with Crippen LogP contribution in [0.15, 0.2) is 6.07 Å². The molecule has 1 heterocycles. The average Bonchev–Trinajstić information content (AvgIpc) is 2.73. The molecule has 0 unspecified atom stereocenters. The minimum Gasteiger partial charge on any atom is -0.310 e. The first-order valence-corrected chi connectivity index (χ1v) is 5.05. The van der Waals surface area contributed by atoms with E-state index in [9.17, 15) is 13.2 Å². The molecule has 1 fully saturated rings. The summed E-state index contributed by atoms with van der Waals surface area (Å²) in [6.07, 6.45) is 1.60. The van der Waals surface area contributed by atoms with Crippen molar-refractivity contribution in [1.82, 2.24) is 5.32 Å². The van der Waals surface area contributed by atoms with Crippen LogP contribution >= 0.6 is 11.6 Å². The number of benzene rings is 1. The Kier molecular flexibility index (Phi) is 2.89. The molecule has 82 valence electrons. The van der Waals surface area contributed by atoms with Crippen LogP contribution in [0.1, 0.15) is 24.4 Å². The maximum atomic E-state index is 13.5. The van der Waals surface area contributed by atoms with Crippen LogP contribution in [-0.4, -0.2) is 6.54 Å². The Balaban J connectivity index is 2.47. The summed E-state index contributed by atoms with van der Waals surface area (Å²) in [7, 11) is 0. The lowest BCUT2D eigenvalue weighted by atomic mass is 10.0. The Bertz CT molecular complexity index is 389. The van der Waals surface area contributed by atoms with Gasteiger partial charge in [-0.3, -0.25) is 0 Å². The van der Waals surface area contributed by atoms with Crippen molar-refractivity contribution in [3.63, 3.8) is 0 Å². The van der Waals surface area contributed by atoms with Crippen LogP contribution in [0.5, 0.6) is 0 Å². The molecule has 1 atom stereocenters. The molecule has 1 aliphatic heterocycles. The van der Waals surface area contributed by atoms with E-state index in [1.165, 1.54) is 0 Å². The topological polar surface area (TPSA) is 12.0 Å². The Hall–Kier alpha value is -0.740. The van der Waals surface area contributed by atoms with Crippen LogP contribution in [0.3, 0.4) is 0 Å². The fraction of sp³-hybridized carbons (Fsp3) is 0.400. The molecule has 1 aromatic carbocycles. The zero-order valence-corrected chi connectivity index (χ0v) is 8.54. The van der Waals surface area contributed by atoms with E-state index in [0.717, 1.165) is 19.0 Å². The van der Waals surface area contributed by atoms with Crippen LogP contribution in [0.4, 0.5) is 13.2 Å². The summed E-state index contributed by atoms with van der Waals surface area (Å²) in [5, 5.41) is 2.23. The van der Waals surface area contributed by atoms with Crippen molar-refractivity contribution in [1.29, 1.82) is 0 Å². The fourth-order valence-electron chi connectivity index (χ4n) is 1.79. The summed E-state index contributed by atoms with van der Waals surface area (Å²) in [5.74, 6) is -3.30. The van der Waals surface area contributed by atoms with Gasteiger partial charge in [0.15, 0.2) is 11.6 Å². The van der Waals surface area contributed by atoms with Crippen LogP contribution < -0.4 is 5.32 Å². The van der Waals surface area contributed by atoms with Gasteiger partial charge in [-0.15, -0.1) is 0 Å². The van der Waals surface area contributed by atoms with Crippen LogP contribution in [0.25, 0.3) is 0 Å². The molecule has 0 radical (unpaired) electrons. The van der Waals surface area contributed by atoms with Crippen molar-refractivity contribution in [2.75, 3.05) is 6.54 Å². The summed E-state index contributed by atoms with van der Waals surface area (Å²) < 4.78 is 39.4. The van der Waals surface area contributed by atoms with E-state index in [1.807, 2.05) is 0 Å². The minimum absolute atomic E-state index is 0.108.